The van der Waals surface area contributed by atoms with Crippen LogP contribution in [-0.2, 0) is 11.2 Å². The van der Waals surface area contributed by atoms with Gasteiger partial charge < -0.3 is 9.64 Å². The molecule has 0 spiro atoms. The van der Waals surface area contributed by atoms with E-state index in [1.807, 2.05) is 29.2 Å². The molecule has 2 aromatic rings. The highest BCUT2D eigenvalue weighted by Gasteiger charge is 2.28. The zero-order chi connectivity index (χ0) is 21.3. The number of carbonyl (C=O) groups is 1. The van der Waals surface area contributed by atoms with Gasteiger partial charge in [0.1, 0.15) is 5.75 Å². The molecule has 160 valence electrons. The normalized spacial score (nSPS) is 19.0. The van der Waals surface area contributed by atoms with E-state index in [1.165, 1.54) is 11.8 Å². The molecule has 0 aliphatic carbocycles. The molecule has 1 aromatic carbocycles. The average Bonchev–Trinajstić information content (AvgIpc) is 3.13. The molecule has 1 saturated heterocycles. The second-order valence-electron chi connectivity index (χ2n) is 7.99. The summed E-state index contributed by atoms with van der Waals surface area (Å²) in [4.78, 5) is 33.6. The highest BCUT2D eigenvalue weighted by Crippen LogP contribution is 2.35. The van der Waals surface area contributed by atoms with E-state index in [1.54, 1.807) is 23.4 Å². The molecule has 1 fully saturated rings. The van der Waals surface area contributed by atoms with Crippen molar-refractivity contribution < 1.29 is 9.53 Å². The van der Waals surface area contributed by atoms with Gasteiger partial charge in [-0.05, 0) is 43.0 Å². The maximum absolute atomic E-state index is 13.3. The van der Waals surface area contributed by atoms with Crippen LogP contribution in [0.3, 0.4) is 0 Å². The molecule has 1 unspecified atom stereocenters. The van der Waals surface area contributed by atoms with Crippen molar-refractivity contribution in [3.63, 3.8) is 0 Å². The number of hydrogen-bond donors (Lipinski definition) is 0. The monoisotopic (exact) mass is 445 g/mol. The predicted octanol–water partition coefficient (Wildman–Crippen LogP) is 3.63. The first kappa shape index (κ1) is 21.3. The van der Waals surface area contributed by atoms with Gasteiger partial charge >= 0.3 is 0 Å². The number of carbonyl (C=O) groups excluding carboxylic acids is 1. The minimum Gasteiger partial charge on any atom is -0.497 e. The minimum absolute atomic E-state index is 0.0544. The molecule has 6 nitrogen and oxygen atoms in total. The summed E-state index contributed by atoms with van der Waals surface area (Å²) in [5.74, 6) is 1.82. The molecule has 0 N–H and O–H groups in total. The zero-order valence-electron chi connectivity index (χ0n) is 17.6. The van der Waals surface area contributed by atoms with Crippen molar-refractivity contribution in [3.05, 3.63) is 40.3 Å². The van der Waals surface area contributed by atoms with Crippen LogP contribution in [0.25, 0.3) is 5.69 Å². The van der Waals surface area contributed by atoms with Crippen molar-refractivity contribution in [2.45, 2.75) is 48.4 Å². The number of piperidine rings is 1. The largest absolute Gasteiger partial charge is 0.497 e. The van der Waals surface area contributed by atoms with Crippen molar-refractivity contribution in [2.75, 3.05) is 26.0 Å². The highest BCUT2D eigenvalue weighted by atomic mass is 32.2. The van der Waals surface area contributed by atoms with Gasteiger partial charge in [-0.1, -0.05) is 25.6 Å². The van der Waals surface area contributed by atoms with E-state index in [4.69, 9.17) is 9.72 Å². The van der Waals surface area contributed by atoms with E-state index < -0.39 is 0 Å². The van der Waals surface area contributed by atoms with E-state index >= 15 is 0 Å². The van der Waals surface area contributed by atoms with Gasteiger partial charge in [-0.25, -0.2) is 4.98 Å². The Morgan fingerprint density at radius 3 is 2.60 bits per heavy atom. The van der Waals surface area contributed by atoms with Gasteiger partial charge in [-0.2, -0.15) is 0 Å². The summed E-state index contributed by atoms with van der Waals surface area (Å²) in [6.45, 7) is 5.98. The SMILES string of the molecule is COc1ccc(-n2c(SCC(=O)N3CCC(C)CC3)nc3c(c2=O)SC(C)C3)cc1. The van der Waals surface area contributed by atoms with Crippen LogP contribution in [0.15, 0.2) is 39.1 Å². The molecule has 1 aromatic heterocycles. The molecule has 3 heterocycles. The van der Waals surface area contributed by atoms with E-state index in [9.17, 15) is 9.59 Å². The number of thioether (sulfide) groups is 2. The third-order valence-electron chi connectivity index (χ3n) is 5.67. The van der Waals surface area contributed by atoms with Crippen LogP contribution in [-0.4, -0.2) is 51.6 Å². The van der Waals surface area contributed by atoms with Gasteiger partial charge in [0.15, 0.2) is 5.16 Å². The Kier molecular flexibility index (Phi) is 6.43. The lowest BCUT2D eigenvalue weighted by Crippen LogP contribution is -2.39. The number of amides is 1. The molecular formula is C22H27N3O3S2. The third kappa shape index (κ3) is 4.39. The molecule has 8 heteroatoms. The molecule has 30 heavy (non-hydrogen) atoms. The summed E-state index contributed by atoms with van der Waals surface area (Å²) < 4.78 is 6.88. The number of nitrogens with zero attached hydrogens (tertiary/aromatic N) is 3. The van der Waals surface area contributed by atoms with Crippen molar-refractivity contribution in [1.29, 1.82) is 0 Å². The summed E-state index contributed by atoms with van der Waals surface area (Å²) in [6, 6.07) is 7.38. The predicted molar refractivity (Wildman–Crippen MR) is 121 cm³/mol. The fourth-order valence-electron chi connectivity index (χ4n) is 3.83. The fourth-order valence-corrected chi connectivity index (χ4v) is 5.86. The number of rotatable bonds is 5. The Balaban J connectivity index is 1.62. The Hall–Kier alpha value is -1.93. The fraction of sp³-hybridized carbons (Fsp3) is 0.500. The van der Waals surface area contributed by atoms with Gasteiger partial charge in [-0.3, -0.25) is 14.2 Å². The maximum Gasteiger partial charge on any atom is 0.272 e. The summed E-state index contributed by atoms with van der Waals surface area (Å²) >= 11 is 2.94. The molecule has 0 bridgehead atoms. The summed E-state index contributed by atoms with van der Waals surface area (Å²) in [5, 5.41) is 0.916. The summed E-state index contributed by atoms with van der Waals surface area (Å²) in [5.41, 5.74) is 1.53. The first-order chi connectivity index (χ1) is 14.5. The van der Waals surface area contributed by atoms with E-state index in [0.29, 0.717) is 22.1 Å². The van der Waals surface area contributed by atoms with Gasteiger partial charge in [0, 0.05) is 24.8 Å². The molecular weight excluding hydrogens is 418 g/mol. The number of ether oxygens (including phenoxy) is 1. The van der Waals surface area contributed by atoms with Crippen LogP contribution in [0, 0.1) is 5.92 Å². The van der Waals surface area contributed by atoms with Gasteiger partial charge in [0.05, 0.1) is 29.1 Å². The summed E-state index contributed by atoms with van der Waals surface area (Å²) in [6.07, 6.45) is 2.89. The second kappa shape index (κ2) is 9.06. The Morgan fingerprint density at radius 2 is 1.93 bits per heavy atom. The zero-order valence-corrected chi connectivity index (χ0v) is 19.2. The van der Waals surface area contributed by atoms with Crippen molar-refractivity contribution in [2.24, 2.45) is 5.92 Å². The maximum atomic E-state index is 13.3. The summed E-state index contributed by atoms with van der Waals surface area (Å²) in [7, 11) is 1.62. The van der Waals surface area contributed by atoms with Crippen molar-refractivity contribution in [1.82, 2.24) is 14.5 Å². The number of aromatic nitrogens is 2. The molecule has 1 atom stereocenters. The average molecular weight is 446 g/mol. The quantitative estimate of drug-likeness (QED) is 0.517. The number of benzene rings is 1. The van der Waals surface area contributed by atoms with Crippen LogP contribution in [0.4, 0.5) is 0 Å². The van der Waals surface area contributed by atoms with Crippen LogP contribution >= 0.6 is 23.5 Å². The van der Waals surface area contributed by atoms with Crippen molar-refractivity contribution >= 4 is 29.4 Å². The standard InChI is InChI=1S/C22H27N3O3S2/c1-14-8-10-24(11-9-14)19(26)13-29-22-23-18-12-15(2)30-20(18)21(27)25(22)16-4-6-17(28-3)7-5-16/h4-7,14-15H,8-13H2,1-3H3. The third-order valence-corrected chi connectivity index (χ3v) is 7.81. The van der Waals surface area contributed by atoms with E-state index in [0.717, 1.165) is 54.4 Å². The minimum atomic E-state index is -0.0544. The van der Waals surface area contributed by atoms with Crippen LogP contribution in [0.5, 0.6) is 5.75 Å². The number of fused-ring (bicyclic) bond motifs is 1. The van der Waals surface area contributed by atoms with Gasteiger partial charge in [0.2, 0.25) is 5.91 Å². The van der Waals surface area contributed by atoms with Crippen LogP contribution < -0.4 is 10.3 Å². The van der Waals surface area contributed by atoms with E-state index in [-0.39, 0.29) is 11.5 Å². The molecule has 2 aliphatic rings. The molecule has 1 amide bonds. The lowest BCUT2D eigenvalue weighted by Gasteiger charge is -2.30. The smallest absolute Gasteiger partial charge is 0.272 e. The Morgan fingerprint density at radius 1 is 1.23 bits per heavy atom. The highest BCUT2D eigenvalue weighted by molar-refractivity contribution is 8.00. The molecule has 4 rings (SSSR count). The molecule has 2 aliphatic heterocycles. The van der Waals surface area contributed by atoms with Crippen LogP contribution in [0.2, 0.25) is 0 Å². The first-order valence-electron chi connectivity index (χ1n) is 10.3. The van der Waals surface area contributed by atoms with Crippen molar-refractivity contribution in [3.8, 4) is 11.4 Å². The van der Waals surface area contributed by atoms with E-state index in [2.05, 4.69) is 13.8 Å². The molecule has 0 saturated carbocycles. The lowest BCUT2D eigenvalue weighted by atomic mass is 9.99. The van der Waals surface area contributed by atoms with Crippen LogP contribution in [0.1, 0.15) is 32.4 Å². The Bertz CT molecular complexity index is 982. The topological polar surface area (TPSA) is 64.4 Å². The molecule has 0 radical (unpaired) electrons. The number of hydrogen-bond acceptors (Lipinski definition) is 6. The lowest BCUT2D eigenvalue weighted by molar-refractivity contribution is -0.129. The Labute approximate surface area is 185 Å². The van der Waals surface area contributed by atoms with Gasteiger partial charge in [-0.15, -0.1) is 11.8 Å². The first-order valence-corrected chi connectivity index (χ1v) is 12.2. The number of methoxy groups -OCH3 is 1. The van der Waals surface area contributed by atoms with Gasteiger partial charge in [0.25, 0.3) is 5.56 Å². The number of likely N-dealkylation sites (tertiary alicyclic amines) is 1. The second-order valence-corrected chi connectivity index (χ2v) is 10.4.